The fraction of sp³-hybridized carbons (Fsp3) is 0.476. The summed E-state index contributed by atoms with van der Waals surface area (Å²) in [6, 6.07) is 10.00. The number of carbonyl (C=O) groups excluding carboxylic acids is 1. The molecule has 0 N–H and O–H groups in total. The van der Waals surface area contributed by atoms with Crippen molar-refractivity contribution in [2.75, 3.05) is 29.4 Å². The Morgan fingerprint density at radius 1 is 1.12 bits per heavy atom. The summed E-state index contributed by atoms with van der Waals surface area (Å²) in [5.74, 6) is 1.43. The van der Waals surface area contributed by atoms with Gasteiger partial charge in [0.25, 0.3) is 5.91 Å². The summed E-state index contributed by atoms with van der Waals surface area (Å²) in [5.41, 5.74) is 3.61. The molecule has 2 aliphatic rings. The quantitative estimate of drug-likeness (QED) is 0.830. The maximum absolute atomic E-state index is 13.2. The molecule has 0 unspecified atom stereocenters. The van der Waals surface area contributed by atoms with Gasteiger partial charge in [-0.25, -0.2) is 9.97 Å². The minimum absolute atomic E-state index is 0.0192. The molecule has 0 saturated carbocycles. The van der Waals surface area contributed by atoms with Crippen molar-refractivity contribution in [2.24, 2.45) is 5.92 Å². The Kier molecular flexibility index (Phi) is 4.62. The van der Waals surface area contributed by atoms with E-state index in [4.69, 9.17) is 0 Å². The molecule has 2 aliphatic heterocycles. The molecule has 0 atom stereocenters. The molecule has 0 radical (unpaired) electrons. The van der Waals surface area contributed by atoms with E-state index in [1.807, 2.05) is 36.1 Å². The summed E-state index contributed by atoms with van der Waals surface area (Å²) >= 11 is 0. The van der Waals surface area contributed by atoms with Crippen LogP contribution in [-0.2, 0) is 6.42 Å². The van der Waals surface area contributed by atoms with E-state index in [-0.39, 0.29) is 5.91 Å². The summed E-state index contributed by atoms with van der Waals surface area (Å²) in [5, 5.41) is 0. The van der Waals surface area contributed by atoms with E-state index in [9.17, 15) is 4.79 Å². The lowest BCUT2D eigenvalue weighted by Gasteiger charge is -2.31. The largest absolute Gasteiger partial charge is 0.341 e. The van der Waals surface area contributed by atoms with Crippen LogP contribution in [0.4, 0.5) is 11.6 Å². The molecule has 0 spiro atoms. The van der Waals surface area contributed by atoms with Crippen molar-refractivity contribution in [1.29, 1.82) is 0 Å². The normalized spacial score (nSPS) is 17.9. The number of hydrogen-bond donors (Lipinski definition) is 0. The van der Waals surface area contributed by atoms with Crippen molar-refractivity contribution in [1.82, 2.24) is 9.97 Å². The fourth-order valence-corrected chi connectivity index (χ4v) is 3.90. The van der Waals surface area contributed by atoms with Crippen molar-refractivity contribution in [3.05, 3.63) is 47.3 Å². The van der Waals surface area contributed by atoms with E-state index in [0.717, 1.165) is 62.6 Å². The molecule has 1 fully saturated rings. The Bertz CT molecular complexity index is 811. The number of fused-ring (bicyclic) bond motifs is 1. The number of rotatable bonds is 2. The third-order valence-corrected chi connectivity index (χ3v) is 5.48. The van der Waals surface area contributed by atoms with Gasteiger partial charge in [-0.3, -0.25) is 4.79 Å². The van der Waals surface area contributed by atoms with Crippen LogP contribution in [0.1, 0.15) is 47.9 Å². The average Bonchev–Trinajstić information content (AvgIpc) is 2.67. The summed E-state index contributed by atoms with van der Waals surface area (Å²) in [6.45, 7) is 6.90. The van der Waals surface area contributed by atoms with E-state index in [1.54, 1.807) is 0 Å². The highest BCUT2D eigenvalue weighted by molar-refractivity contribution is 6.05. The standard InChI is InChI=1S/C21H26N4O/c1-15-9-12-24(13-10-15)21-22-16(2)14-18(23-21)20(26)25-11-5-7-17-6-3-4-8-19(17)25/h3-4,6,8,14-15H,5,7,9-13H2,1-2H3. The van der Waals surface area contributed by atoms with Crippen LogP contribution in [0.3, 0.4) is 0 Å². The zero-order chi connectivity index (χ0) is 18.1. The highest BCUT2D eigenvalue weighted by Crippen LogP contribution is 2.28. The van der Waals surface area contributed by atoms with Crippen LogP contribution in [-0.4, -0.2) is 35.5 Å². The molecule has 0 aliphatic carbocycles. The minimum Gasteiger partial charge on any atom is -0.341 e. The molecule has 0 bridgehead atoms. The van der Waals surface area contributed by atoms with E-state index in [2.05, 4.69) is 27.9 Å². The number of benzene rings is 1. The third kappa shape index (κ3) is 3.30. The average molecular weight is 350 g/mol. The second-order valence-corrected chi connectivity index (χ2v) is 7.55. The Morgan fingerprint density at radius 2 is 1.88 bits per heavy atom. The lowest BCUT2D eigenvalue weighted by atomic mass is 10.00. The van der Waals surface area contributed by atoms with E-state index in [0.29, 0.717) is 11.6 Å². The van der Waals surface area contributed by atoms with Gasteiger partial charge in [0.1, 0.15) is 5.69 Å². The van der Waals surface area contributed by atoms with Gasteiger partial charge >= 0.3 is 0 Å². The molecular formula is C21H26N4O. The number of nitrogens with zero attached hydrogens (tertiary/aromatic N) is 4. The number of aromatic nitrogens is 2. The SMILES string of the molecule is Cc1cc(C(=O)N2CCCc3ccccc32)nc(N2CCC(C)CC2)n1. The molecule has 4 rings (SSSR count). The van der Waals surface area contributed by atoms with Gasteiger partial charge in [0.15, 0.2) is 0 Å². The number of carbonyl (C=O) groups is 1. The predicted molar refractivity (Wildman–Crippen MR) is 104 cm³/mol. The molecule has 2 aromatic rings. The first-order valence-corrected chi connectivity index (χ1v) is 9.62. The number of aryl methyl sites for hydroxylation is 2. The van der Waals surface area contributed by atoms with Crippen LogP contribution >= 0.6 is 0 Å². The topological polar surface area (TPSA) is 49.3 Å². The maximum Gasteiger partial charge on any atom is 0.277 e. The summed E-state index contributed by atoms with van der Waals surface area (Å²) < 4.78 is 0. The Balaban J connectivity index is 1.63. The molecular weight excluding hydrogens is 324 g/mol. The first-order chi connectivity index (χ1) is 12.6. The zero-order valence-electron chi connectivity index (χ0n) is 15.6. The van der Waals surface area contributed by atoms with Gasteiger partial charge in [-0.1, -0.05) is 25.1 Å². The van der Waals surface area contributed by atoms with Crippen molar-refractivity contribution < 1.29 is 4.79 Å². The lowest BCUT2D eigenvalue weighted by molar-refractivity contribution is 0.0980. The first-order valence-electron chi connectivity index (χ1n) is 9.62. The van der Waals surface area contributed by atoms with Gasteiger partial charge in [0, 0.05) is 31.0 Å². The number of piperidine rings is 1. The monoisotopic (exact) mass is 350 g/mol. The third-order valence-electron chi connectivity index (χ3n) is 5.48. The molecule has 26 heavy (non-hydrogen) atoms. The molecule has 1 saturated heterocycles. The number of amides is 1. The first kappa shape index (κ1) is 17.0. The van der Waals surface area contributed by atoms with Crippen molar-refractivity contribution >= 4 is 17.5 Å². The number of hydrogen-bond acceptors (Lipinski definition) is 4. The summed E-state index contributed by atoms with van der Waals surface area (Å²) in [6.07, 6.45) is 4.32. The van der Waals surface area contributed by atoms with Crippen LogP contribution in [0, 0.1) is 12.8 Å². The highest BCUT2D eigenvalue weighted by atomic mass is 16.2. The fourth-order valence-electron chi connectivity index (χ4n) is 3.90. The van der Waals surface area contributed by atoms with Crippen LogP contribution in [0.25, 0.3) is 0 Å². The Labute approximate surface area is 155 Å². The zero-order valence-corrected chi connectivity index (χ0v) is 15.6. The molecule has 136 valence electrons. The molecule has 5 heteroatoms. The van der Waals surface area contributed by atoms with Gasteiger partial charge in [-0.05, 0) is 56.2 Å². The van der Waals surface area contributed by atoms with Gasteiger partial charge in [-0.2, -0.15) is 0 Å². The lowest BCUT2D eigenvalue weighted by Crippen LogP contribution is -2.37. The van der Waals surface area contributed by atoms with Crippen molar-refractivity contribution in [3.8, 4) is 0 Å². The highest BCUT2D eigenvalue weighted by Gasteiger charge is 2.26. The second-order valence-electron chi connectivity index (χ2n) is 7.55. The second kappa shape index (κ2) is 7.06. The molecule has 1 amide bonds. The Morgan fingerprint density at radius 3 is 2.69 bits per heavy atom. The summed E-state index contributed by atoms with van der Waals surface area (Å²) in [4.78, 5) is 26.6. The van der Waals surface area contributed by atoms with E-state index < -0.39 is 0 Å². The molecule has 3 heterocycles. The summed E-state index contributed by atoms with van der Waals surface area (Å²) in [7, 11) is 0. The van der Waals surface area contributed by atoms with Gasteiger partial charge in [-0.15, -0.1) is 0 Å². The van der Waals surface area contributed by atoms with E-state index in [1.165, 1.54) is 5.56 Å². The van der Waals surface area contributed by atoms with Crippen molar-refractivity contribution in [2.45, 2.75) is 39.5 Å². The van der Waals surface area contributed by atoms with E-state index >= 15 is 0 Å². The van der Waals surface area contributed by atoms with Gasteiger partial charge in [0.2, 0.25) is 5.95 Å². The van der Waals surface area contributed by atoms with Crippen LogP contribution in [0.5, 0.6) is 0 Å². The van der Waals surface area contributed by atoms with Gasteiger partial charge < -0.3 is 9.80 Å². The Hall–Kier alpha value is -2.43. The number of anilines is 2. The molecule has 1 aromatic carbocycles. The smallest absolute Gasteiger partial charge is 0.277 e. The maximum atomic E-state index is 13.2. The predicted octanol–water partition coefficient (Wildman–Crippen LogP) is 3.61. The van der Waals surface area contributed by atoms with Crippen LogP contribution < -0.4 is 9.80 Å². The van der Waals surface area contributed by atoms with Gasteiger partial charge in [0.05, 0.1) is 0 Å². The molecule has 1 aromatic heterocycles. The minimum atomic E-state index is -0.0192. The van der Waals surface area contributed by atoms with Crippen LogP contribution in [0.15, 0.2) is 30.3 Å². The number of para-hydroxylation sites is 1. The van der Waals surface area contributed by atoms with Crippen LogP contribution in [0.2, 0.25) is 0 Å². The molecule has 5 nitrogen and oxygen atoms in total. The van der Waals surface area contributed by atoms with Crippen molar-refractivity contribution in [3.63, 3.8) is 0 Å².